The minimum absolute atomic E-state index is 0.126. The van der Waals surface area contributed by atoms with Gasteiger partial charge in [-0.15, -0.1) is 0 Å². The van der Waals surface area contributed by atoms with E-state index in [9.17, 15) is 14.7 Å². The zero-order valence-corrected chi connectivity index (χ0v) is 32.9. The molecule has 3 aromatic carbocycles. The van der Waals surface area contributed by atoms with Crippen LogP contribution in [0.1, 0.15) is 68.5 Å². The first kappa shape index (κ1) is 33.8. The molecule has 0 radical (unpaired) electrons. The van der Waals surface area contributed by atoms with Crippen molar-refractivity contribution in [3.05, 3.63) is 92.1 Å². The van der Waals surface area contributed by atoms with Crippen molar-refractivity contribution in [1.29, 1.82) is 0 Å². The Kier molecular flexibility index (Phi) is 7.45. The van der Waals surface area contributed by atoms with Gasteiger partial charge in [0.2, 0.25) is 11.8 Å². The summed E-state index contributed by atoms with van der Waals surface area (Å²) in [6.45, 7) is 7.54. The number of anilines is 1. The summed E-state index contributed by atoms with van der Waals surface area (Å²) in [6.07, 6.45) is 0.220. The van der Waals surface area contributed by atoms with Gasteiger partial charge in [-0.25, -0.2) is 9.97 Å². The number of carbonyl (C=O) groups excluding carboxylic acids is 2. The second-order valence-electron chi connectivity index (χ2n) is 15.4. The van der Waals surface area contributed by atoms with Gasteiger partial charge in [-0.1, -0.05) is 67.9 Å². The maximum atomic E-state index is 14.3. The molecular formula is C41H35Br2N5O6. The molecular weight excluding hydrogens is 818 g/mol. The molecule has 1 amide bonds. The molecule has 3 aromatic heterocycles. The Morgan fingerprint density at radius 3 is 2.63 bits per heavy atom. The topological polar surface area (TPSA) is 156 Å². The molecule has 54 heavy (non-hydrogen) atoms. The van der Waals surface area contributed by atoms with E-state index in [0.29, 0.717) is 27.6 Å². The molecule has 274 valence electrons. The van der Waals surface area contributed by atoms with Crippen molar-refractivity contribution in [3.8, 4) is 39.8 Å². The highest BCUT2D eigenvalue weighted by atomic mass is 79.9. The average molecular weight is 854 g/mol. The van der Waals surface area contributed by atoms with E-state index in [1.54, 1.807) is 13.8 Å². The third-order valence-electron chi connectivity index (χ3n) is 11.4. The molecule has 0 saturated heterocycles. The molecule has 10 bridgehead atoms. The predicted octanol–water partition coefficient (Wildman–Crippen LogP) is 8.42. The van der Waals surface area contributed by atoms with E-state index in [-0.39, 0.29) is 48.1 Å². The summed E-state index contributed by atoms with van der Waals surface area (Å²) in [7, 11) is 0. The Morgan fingerprint density at radius 2 is 1.83 bits per heavy atom. The van der Waals surface area contributed by atoms with Gasteiger partial charge < -0.3 is 34.3 Å². The normalized spacial score (nSPS) is 22.3. The molecule has 5 atom stereocenters. The number of halogens is 2. The van der Waals surface area contributed by atoms with Crippen molar-refractivity contribution < 1.29 is 28.3 Å². The van der Waals surface area contributed by atoms with Crippen molar-refractivity contribution in [2.45, 2.75) is 64.3 Å². The van der Waals surface area contributed by atoms with E-state index in [2.05, 4.69) is 71.7 Å². The first-order valence-electron chi connectivity index (χ1n) is 18.1. The summed E-state index contributed by atoms with van der Waals surface area (Å²) in [5, 5.41) is 18.7. The van der Waals surface area contributed by atoms with E-state index < -0.39 is 29.7 Å². The summed E-state index contributed by atoms with van der Waals surface area (Å²) in [6, 6.07) is 15.6. The molecule has 4 aliphatic heterocycles. The Bertz CT molecular complexity index is 2590. The zero-order valence-electron chi connectivity index (χ0n) is 29.7. The number of carbonyl (C=O) groups is 2. The van der Waals surface area contributed by atoms with Crippen LogP contribution in [0.4, 0.5) is 5.69 Å². The summed E-state index contributed by atoms with van der Waals surface area (Å²) in [5.41, 5.74) is 6.43. The number of H-pyrrole nitrogens is 1. The second kappa shape index (κ2) is 11.9. The summed E-state index contributed by atoms with van der Waals surface area (Å²) in [4.78, 5) is 41.1. The number of aromatic nitrogens is 3. The third kappa shape index (κ3) is 4.67. The third-order valence-corrected chi connectivity index (χ3v) is 12.4. The lowest BCUT2D eigenvalue weighted by Gasteiger charge is -2.29. The fourth-order valence-corrected chi connectivity index (χ4v) is 9.69. The summed E-state index contributed by atoms with van der Waals surface area (Å²) in [5.74, 6) is 0.244. The number of hydrogen-bond acceptors (Lipinski definition) is 9. The van der Waals surface area contributed by atoms with Gasteiger partial charge in [0.1, 0.15) is 23.3 Å². The van der Waals surface area contributed by atoms with Gasteiger partial charge in [0.05, 0.1) is 0 Å². The lowest BCUT2D eigenvalue weighted by atomic mass is 9.72. The SMILES string of the molecule is CC(C)[C@H](O)C(=O)CC1Cc2ccc3c(c2)C24c5cc(Br)cc(c5N[C@H]2O3)-c2cccc3[nH]cc(c23)-c2oc(nc2Br)-c2nc(oc24)[C@H](C(C)C)NC1=O. The van der Waals surface area contributed by atoms with Crippen LogP contribution in [0.25, 0.3) is 44.9 Å². The monoisotopic (exact) mass is 851 g/mol. The lowest BCUT2D eigenvalue weighted by Crippen LogP contribution is -2.41. The van der Waals surface area contributed by atoms with Crippen LogP contribution in [0.15, 0.2) is 72.6 Å². The molecule has 4 N–H and O–H groups in total. The van der Waals surface area contributed by atoms with Gasteiger partial charge in [0, 0.05) is 61.9 Å². The number of ether oxygens (including phenoxy) is 1. The molecule has 2 unspecified atom stereocenters. The standard InChI is InChI=1S/C41H35Br2N5O6/c1-16(2)30-38-46-32-35(54-38)41-24-11-18(10-19(37(51)45-30)12-27(49)33(50)17(3)4)8-9-28(24)52-40(41)47-31-22(13-20(42)14-25(31)41)21-6-5-7-26-29(21)23(15-44-26)34-36(43)48-39(32)53-34/h5-9,11,13-17,19,30,33,40,44,47,50H,10,12H2,1-4H3,(H,45,51)/t19?,30-,33-,40-,41?/m0/s1. The number of rotatable bonds is 5. The molecule has 4 aliphatic rings. The first-order valence-corrected chi connectivity index (χ1v) is 19.7. The molecule has 0 fully saturated rings. The number of fused-ring (bicyclic) bond motifs is 7. The maximum absolute atomic E-state index is 14.3. The lowest BCUT2D eigenvalue weighted by molar-refractivity contribution is -0.135. The average Bonchev–Trinajstić information content (AvgIpc) is 3.95. The highest BCUT2D eigenvalue weighted by Crippen LogP contribution is 2.62. The van der Waals surface area contributed by atoms with Crippen molar-refractivity contribution in [3.63, 3.8) is 0 Å². The van der Waals surface area contributed by atoms with Crippen molar-refractivity contribution >= 4 is 60.1 Å². The fraction of sp³-hybridized carbons (Fsp3) is 0.317. The molecule has 10 rings (SSSR count). The summed E-state index contributed by atoms with van der Waals surface area (Å²) >= 11 is 7.60. The Hall–Kier alpha value is -4.72. The molecule has 6 aromatic rings. The zero-order chi connectivity index (χ0) is 37.4. The summed E-state index contributed by atoms with van der Waals surface area (Å²) < 4.78 is 22.0. The first-order chi connectivity index (χ1) is 25.9. The van der Waals surface area contributed by atoms with Gasteiger partial charge >= 0.3 is 0 Å². The molecule has 13 heteroatoms. The number of nitrogens with zero attached hydrogens (tertiary/aromatic N) is 2. The minimum Gasteiger partial charge on any atom is -0.469 e. The quantitative estimate of drug-likeness (QED) is 0.134. The highest BCUT2D eigenvalue weighted by molar-refractivity contribution is 9.10. The number of aliphatic hydroxyl groups is 1. The number of aromatic amines is 1. The number of hydrogen-bond donors (Lipinski definition) is 4. The van der Waals surface area contributed by atoms with Crippen molar-refractivity contribution in [2.24, 2.45) is 17.8 Å². The number of nitrogens with one attached hydrogen (secondary N) is 3. The van der Waals surface area contributed by atoms with E-state index in [1.807, 2.05) is 44.3 Å². The van der Waals surface area contributed by atoms with Crippen LogP contribution in [0.2, 0.25) is 0 Å². The van der Waals surface area contributed by atoms with Crippen LogP contribution in [-0.4, -0.2) is 44.1 Å². The Labute approximate surface area is 326 Å². The number of aliphatic hydroxyl groups excluding tert-OH is 1. The number of benzene rings is 3. The molecule has 0 aliphatic carbocycles. The van der Waals surface area contributed by atoms with Crippen LogP contribution in [0, 0.1) is 17.8 Å². The van der Waals surface area contributed by atoms with Crippen LogP contribution >= 0.6 is 31.9 Å². The fourth-order valence-electron chi connectivity index (χ4n) is 8.78. The van der Waals surface area contributed by atoms with E-state index in [4.69, 9.17) is 23.5 Å². The van der Waals surface area contributed by atoms with E-state index in [0.717, 1.165) is 54.4 Å². The van der Waals surface area contributed by atoms with Crippen LogP contribution in [-0.2, 0) is 21.4 Å². The largest absolute Gasteiger partial charge is 0.469 e. The Morgan fingerprint density at radius 1 is 1.00 bits per heavy atom. The van der Waals surface area contributed by atoms with Gasteiger partial charge in [-0.2, -0.15) is 0 Å². The molecule has 0 saturated carbocycles. The molecule has 1 spiro atoms. The van der Waals surface area contributed by atoms with Gasteiger partial charge in [0.25, 0.3) is 5.89 Å². The number of ketones is 1. The second-order valence-corrected chi connectivity index (χ2v) is 17.1. The van der Waals surface area contributed by atoms with Gasteiger partial charge in [-0.3, -0.25) is 9.59 Å². The highest BCUT2D eigenvalue weighted by Gasteiger charge is 2.62. The number of oxazole rings is 2. The van der Waals surface area contributed by atoms with E-state index >= 15 is 0 Å². The number of Topliss-reactive ketones (excluding diaryl/α,β-unsaturated/α-hetero) is 1. The van der Waals surface area contributed by atoms with Crippen molar-refractivity contribution in [1.82, 2.24) is 20.3 Å². The van der Waals surface area contributed by atoms with E-state index in [1.165, 1.54) is 0 Å². The van der Waals surface area contributed by atoms with Crippen molar-refractivity contribution in [2.75, 3.05) is 5.32 Å². The Balaban J connectivity index is 1.30. The van der Waals surface area contributed by atoms with Crippen LogP contribution in [0.3, 0.4) is 0 Å². The van der Waals surface area contributed by atoms with Crippen LogP contribution < -0.4 is 15.4 Å². The smallest absolute Gasteiger partial charge is 0.250 e. The maximum Gasteiger partial charge on any atom is 0.250 e. The van der Waals surface area contributed by atoms with Crippen LogP contribution in [0.5, 0.6) is 5.75 Å². The van der Waals surface area contributed by atoms with Gasteiger partial charge in [0.15, 0.2) is 33.8 Å². The van der Waals surface area contributed by atoms with Gasteiger partial charge in [-0.05, 0) is 69.6 Å². The molecule has 11 nitrogen and oxygen atoms in total. The molecule has 7 heterocycles. The predicted molar refractivity (Wildman–Crippen MR) is 208 cm³/mol. The minimum atomic E-state index is -1.18. The number of amides is 1.